The predicted molar refractivity (Wildman–Crippen MR) is 166 cm³/mol. The Morgan fingerprint density at radius 3 is 2.62 bits per heavy atom. The number of fused-ring (bicyclic) bond motifs is 1. The number of thioether (sulfide) groups is 1. The Labute approximate surface area is 257 Å². The van der Waals surface area contributed by atoms with Crippen molar-refractivity contribution in [3.05, 3.63) is 105 Å². The lowest BCUT2D eigenvalue weighted by Crippen LogP contribution is -2.29. The van der Waals surface area contributed by atoms with Crippen molar-refractivity contribution < 1.29 is 19.4 Å². The molecule has 1 amide bonds. The molecule has 3 aromatic carbocycles. The Morgan fingerprint density at radius 2 is 1.88 bits per heavy atom. The van der Waals surface area contributed by atoms with Gasteiger partial charge in [-0.3, -0.25) is 14.5 Å². The molecule has 2 atom stereocenters. The van der Waals surface area contributed by atoms with Gasteiger partial charge in [0.05, 0.1) is 11.6 Å². The third-order valence-corrected chi connectivity index (χ3v) is 9.92. The summed E-state index contributed by atoms with van der Waals surface area (Å²) in [5.74, 6) is -0.108. The molecule has 214 valence electrons. The summed E-state index contributed by atoms with van der Waals surface area (Å²) in [6, 6.07) is 19.8. The highest BCUT2D eigenvalue weighted by Crippen LogP contribution is 2.45. The molecule has 0 radical (unpaired) electrons. The van der Waals surface area contributed by atoms with Gasteiger partial charge in [-0.05, 0) is 59.4 Å². The molecular formula is C32H28ClN3O4S2. The number of benzene rings is 3. The third kappa shape index (κ3) is 5.32. The molecule has 1 aromatic heterocycles. The summed E-state index contributed by atoms with van der Waals surface area (Å²) < 4.78 is 6.44. The van der Waals surface area contributed by atoms with Crippen LogP contribution in [0.2, 0.25) is 5.02 Å². The molecule has 1 N–H and O–H groups in total. The average molecular weight is 618 g/mol. The van der Waals surface area contributed by atoms with Gasteiger partial charge in [-0.2, -0.15) is 0 Å². The molecule has 1 fully saturated rings. The average Bonchev–Trinajstić information content (AvgIpc) is 3.67. The van der Waals surface area contributed by atoms with Gasteiger partial charge in [0, 0.05) is 22.8 Å². The minimum atomic E-state index is -0.871. The second kappa shape index (κ2) is 11.6. The zero-order chi connectivity index (χ0) is 29.5. The van der Waals surface area contributed by atoms with Crippen LogP contribution in [0.15, 0.2) is 76.6 Å². The number of aliphatic hydroxyl groups is 1. The lowest BCUT2D eigenvalue weighted by molar-refractivity contribution is -0.132. The highest BCUT2D eigenvalue weighted by atomic mass is 35.5. The monoisotopic (exact) mass is 617 g/mol. The standard InChI is InChI=1S/C32H28ClN3O4S2/c1-17(2)19-8-10-20(11-9-19)27-26(28(37)21-12-13-25-23(15-21)14-18(3)40-25)29(38)30(39)36(27)31-34-35-32(42-31)41-16-22-6-4-5-7-24(22)33/h4-13,15,17-18,27,37H,14,16H2,1-3H3/b28-26+/t18-,27+/m0/s1. The molecular weight excluding hydrogens is 590 g/mol. The number of carbonyl (C=O) groups excluding carboxylic acids is 2. The largest absolute Gasteiger partial charge is 0.507 e. The van der Waals surface area contributed by atoms with Crippen molar-refractivity contribution in [1.29, 1.82) is 0 Å². The number of aliphatic hydroxyl groups excluding tert-OH is 1. The van der Waals surface area contributed by atoms with Crippen molar-refractivity contribution in [3.8, 4) is 5.75 Å². The van der Waals surface area contributed by atoms with Crippen LogP contribution < -0.4 is 9.64 Å². The van der Waals surface area contributed by atoms with Gasteiger partial charge in [0.25, 0.3) is 5.78 Å². The second-order valence-corrected chi connectivity index (χ2v) is 13.3. The summed E-state index contributed by atoms with van der Waals surface area (Å²) in [4.78, 5) is 28.6. The van der Waals surface area contributed by atoms with Crippen molar-refractivity contribution in [3.63, 3.8) is 0 Å². The van der Waals surface area contributed by atoms with E-state index in [2.05, 4.69) is 24.0 Å². The molecule has 42 heavy (non-hydrogen) atoms. The van der Waals surface area contributed by atoms with E-state index in [1.807, 2.05) is 61.5 Å². The first-order valence-corrected chi connectivity index (χ1v) is 15.8. The number of aromatic nitrogens is 2. The zero-order valence-electron chi connectivity index (χ0n) is 23.2. The molecule has 6 rings (SSSR count). The van der Waals surface area contributed by atoms with Gasteiger partial charge in [0.15, 0.2) is 4.34 Å². The van der Waals surface area contributed by atoms with Crippen molar-refractivity contribution in [1.82, 2.24) is 10.2 Å². The maximum atomic E-state index is 13.6. The van der Waals surface area contributed by atoms with Crippen LogP contribution in [0, 0.1) is 0 Å². The normalized spacial score (nSPS) is 19.4. The molecule has 0 bridgehead atoms. The highest BCUT2D eigenvalue weighted by Gasteiger charge is 2.48. The number of hydrogen-bond acceptors (Lipinski definition) is 8. The fourth-order valence-corrected chi connectivity index (χ4v) is 7.40. The van der Waals surface area contributed by atoms with Crippen molar-refractivity contribution in [2.45, 2.75) is 55.3 Å². The van der Waals surface area contributed by atoms with Gasteiger partial charge >= 0.3 is 5.91 Å². The molecule has 2 aliphatic heterocycles. The van der Waals surface area contributed by atoms with E-state index in [0.717, 1.165) is 22.4 Å². The summed E-state index contributed by atoms with van der Waals surface area (Å²) in [5, 5.41) is 21.1. The van der Waals surface area contributed by atoms with Crippen LogP contribution in [0.4, 0.5) is 5.13 Å². The molecule has 1 saturated heterocycles. The number of Topliss-reactive ketones (excluding diaryl/α,β-unsaturated/α-hetero) is 1. The van der Waals surface area contributed by atoms with Gasteiger partial charge in [0.1, 0.15) is 17.6 Å². The number of anilines is 1. The lowest BCUT2D eigenvalue weighted by atomic mass is 9.93. The van der Waals surface area contributed by atoms with Gasteiger partial charge in [0.2, 0.25) is 5.13 Å². The molecule has 0 aliphatic carbocycles. The molecule has 3 heterocycles. The van der Waals surface area contributed by atoms with Crippen LogP contribution in [0.1, 0.15) is 60.5 Å². The Kier molecular flexibility index (Phi) is 7.83. The van der Waals surface area contributed by atoms with Crippen LogP contribution in [0.5, 0.6) is 5.75 Å². The van der Waals surface area contributed by atoms with Gasteiger partial charge in [-0.1, -0.05) is 91.0 Å². The van der Waals surface area contributed by atoms with E-state index >= 15 is 0 Å². The number of nitrogens with zero attached hydrogens (tertiary/aromatic N) is 3. The van der Waals surface area contributed by atoms with Crippen LogP contribution in [-0.4, -0.2) is 33.1 Å². The number of amides is 1. The molecule has 0 spiro atoms. The summed E-state index contributed by atoms with van der Waals surface area (Å²) in [5.41, 5.74) is 4.20. The lowest BCUT2D eigenvalue weighted by Gasteiger charge is -2.23. The fourth-order valence-electron chi connectivity index (χ4n) is 5.25. The molecule has 0 unspecified atom stereocenters. The van der Waals surface area contributed by atoms with E-state index in [1.165, 1.54) is 28.0 Å². The summed E-state index contributed by atoms with van der Waals surface area (Å²) >= 11 is 8.99. The summed E-state index contributed by atoms with van der Waals surface area (Å²) in [6.45, 7) is 6.18. The number of hydrogen-bond donors (Lipinski definition) is 1. The minimum absolute atomic E-state index is 0.0182. The van der Waals surface area contributed by atoms with E-state index in [0.29, 0.717) is 38.6 Å². The van der Waals surface area contributed by atoms with Gasteiger partial charge in [-0.15, -0.1) is 10.2 Å². The van der Waals surface area contributed by atoms with Crippen LogP contribution in [0.3, 0.4) is 0 Å². The molecule has 4 aromatic rings. The highest BCUT2D eigenvalue weighted by molar-refractivity contribution is 8.00. The van der Waals surface area contributed by atoms with Crippen molar-refractivity contribution >= 4 is 57.3 Å². The number of ketones is 1. The van der Waals surface area contributed by atoms with Crippen molar-refractivity contribution in [2.75, 3.05) is 4.90 Å². The first kappa shape index (κ1) is 28.5. The Bertz CT molecular complexity index is 1720. The van der Waals surface area contributed by atoms with E-state index in [-0.39, 0.29) is 22.6 Å². The van der Waals surface area contributed by atoms with Gasteiger partial charge < -0.3 is 9.84 Å². The number of ether oxygens (including phenoxy) is 1. The van der Waals surface area contributed by atoms with Crippen LogP contribution >= 0.6 is 34.7 Å². The summed E-state index contributed by atoms with van der Waals surface area (Å²) in [7, 11) is 0. The van der Waals surface area contributed by atoms with Crippen molar-refractivity contribution in [2.24, 2.45) is 0 Å². The maximum Gasteiger partial charge on any atom is 0.301 e. The first-order chi connectivity index (χ1) is 20.2. The van der Waals surface area contributed by atoms with Gasteiger partial charge in [-0.25, -0.2) is 0 Å². The summed E-state index contributed by atoms with van der Waals surface area (Å²) in [6.07, 6.45) is 0.731. The molecule has 0 saturated carbocycles. The molecule has 2 aliphatic rings. The first-order valence-electron chi connectivity index (χ1n) is 13.6. The third-order valence-electron chi connectivity index (χ3n) is 7.44. The number of carbonyl (C=O) groups is 2. The molecule has 10 heteroatoms. The van der Waals surface area contributed by atoms with E-state index < -0.39 is 17.7 Å². The van der Waals surface area contributed by atoms with Crippen LogP contribution in [0.25, 0.3) is 5.76 Å². The fraction of sp³-hybridized carbons (Fsp3) is 0.250. The minimum Gasteiger partial charge on any atom is -0.507 e. The smallest absolute Gasteiger partial charge is 0.301 e. The molecule has 7 nitrogen and oxygen atoms in total. The van der Waals surface area contributed by atoms with E-state index in [9.17, 15) is 14.7 Å². The van der Waals surface area contributed by atoms with Crippen LogP contribution in [-0.2, 0) is 21.8 Å². The topological polar surface area (TPSA) is 92.6 Å². The van der Waals surface area contributed by atoms with E-state index in [4.69, 9.17) is 16.3 Å². The Morgan fingerprint density at radius 1 is 1.12 bits per heavy atom. The number of rotatable bonds is 7. The quantitative estimate of drug-likeness (QED) is 0.0752. The van der Waals surface area contributed by atoms with E-state index in [1.54, 1.807) is 12.1 Å². The second-order valence-electron chi connectivity index (χ2n) is 10.7. The Hall–Kier alpha value is -3.66. The maximum absolute atomic E-state index is 13.6. The predicted octanol–water partition coefficient (Wildman–Crippen LogP) is 7.56. The Balaban J connectivity index is 1.40. The SMILES string of the molecule is CC(C)c1ccc([C@@H]2/C(=C(\O)c3ccc4c(c3)C[C@H](C)O4)C(=O)C(=O)N2c2nnc(SCc3ccccc3Cl)s2)cc1. The zero-order valence-corrected chi connectivity index (χ0v) is 25.6. The number of halogens is 1.